The molecule has 0 spiro atoms. The minimum atomic E-state index is -1.12. The second-order valence-corrected chi connectivity index (χ2v) is 8.98. The Bertz CT molecular complexity index is 1390. The van der Waals surface area contributed by atoms with Crippen molar-refractivity contribution >= 4 is 17.6 Å². The van der Waals surface area contributed by atoms with E-state index in [9.17, 15) is 19.1 Å². The van der Waals surface area contributed by atoms with E-state index in [0.717, 1.165) is 10.2 Å². The highest BCUT2D eigenvalue weighted by atomic mass is 19.1. The first-order valence-electron chi connectivity index (χ1n) is 11.5. The lowest BCUT2D eigenvalue weighted by Gasteiger charge is -2.30. The highest BCUT2D eigenvalue weighted by Gasteiger charge is 2.34. The predicted molar refractivity (Wildman–Crippen MR) is 128 cm³/mol. The maximum Gasteiger partial charge on any atom is 0.342 e. The van der Waals surface area contributed by atoms with Gasteiger partial charge >= 0.3 is 6.03 Å². The van der Waals surface area contributed by atoms with E-state index in [4.69, 9.17) is 4.74 Å². The van der Waals surface area contributed by atoms with E-state index < -0.39 is 23.6 Å². The van der Waals surface area contributed by atoms with Crippen molar-refractivity contribution in [3.63, 3.8) is 0 Å². The average molecular weight is 490 g/mol. The van der Waals surface area contributed by atoms with Crippen molar-refractivity contribution in [3.8, 4) is 11.8 Å². The van der Waals surface area contributed by atoms with Crippen molar-refractivity contribution < 1.29 is 23.8 Å². The zero-order valence-corrected chi connectivity index (χ0v) is 19.6. The summed E-state index contributed by atoms with van der Waals surface area (Å²) in [6.45, 7) is 0.367. The lowest BCUT2D eigenvalue weighted by Crippen LogP contribution is -2.48. The first kappa shape index (κ1) is 23.7. The van der Waals surface area contributed by atoms with E-state index in [2.05, 4.69) is 27.2 Å². The number of hydrogen-bond acceptors (Lipinski definition) is 6. The second kappa shape index (κ2) is 9.53. The Morgan fingerprint density at radius 2 is 2.19 bits per heavy atom. The lowest BCUT2D eigenvalue weighted by molar-refractivity contribution is -0.140. The fourth-order valence-electron chi connectivity index (χ4n) is 4.18. The van der Waals surface area contributed by atoms with Gasteiger partial charge in [-0.25, -0.2) is 9.78 Å². The van der Waals surface area contributed by atoms with Gasteiger partial charge in [-0.1, -0.05) is 24.0 Å². The molecule has 4 heterocycles. The number of aromatic nitrogens is 3. The molecule has 0 aliphatic carbocycles. The van der Waals surface area contributed by atoms with E-state index >= 15 is 0 Å². The molecule has 2 amide bonds. The van der Waals surface area contributed by atoms with Crippen molar-refractivity contribution in [1.82, 2.24) is 20.1 Å². The van der Waals surface area contributed by atoms with Gasteiger partial charge in [-0.15, -0.1) is 0 Å². The van der Waals surface area contributed by atoms with Crippen LogP contribution >= 0.6 is 0 Å². The Hall–Kier alpha value is -4.07. The van der Waals surface area contributed by atoms with Crippen LogP contribution in [-0.2, 0) is 22.4 Å². The van der Waals surface area contributed by atoms with Crippen LogP contribution in [0.1, 0.15) is 28.7 Å². The Morgan fingerprint density at radius 3 is 2.94 bits per heavy atom. The predicted octanol–water partition coefficient (Wildman–Crippen LogP) is 1.66. The van der Waals surface area contributed by atoms with Crippen molar-refractivity contribution in [2.24, 2.45) is 0 Å². The van der Waals surface area contributed by atoms with E-state index in [1.54, 1.807) is 19.2 Å². The zero-order chi connectivity index (χ0) is 25.3. The summed E-state index contributed by atoms with van der Waals surface area (Å²) in [5, 5.41) is 17.0. The van der Waals surface area contributed by atoms with Gasteiger partial charge < -0.3 is 20.1 Å². The molecule has 2 N–H and O–H groups in total. The van der Waals surface area contributed by atoms with Gasteiger partial charge in [-0.05, 0) is 42.2 Å². The molecule has 1 atom stereocenters. The number of nitrogens with zero attached hydrogens (tertiary/aromatic N) is 4. The number of rotatable bonds is 3. The van der Waals surface area contributed by atoms with Gasteiger partial charge in [-0.3, -0.25) is 4.79 Å². The highest BCUT2D eigenvalue weighted by molar-refractivity contribution is 6.00. The normalized spacial score (nSPS) is 18.4. The minimum Gasteiger partial charge on any atom is -0.373 e. The SMILES string of the molecule is CN1C(=O)C(NC(=O)n2cc(Cc3cccnc3F)cn2)CCc2ccc(C#CC3(O)COC3)cc21. The molecule has 1 saturated heterocycles. The molecule has 2 aromatic heterocycles. The maximum absolute atomic E-state index is 13.8. The van der Waals surface area contributed by atoms with Gasteiger partial charge in [0, 0.05) is 42.7 Å². The van der Waals surface area contributed by atoms with Crippen molar-refractivity contribution in [1.29, 1.82) is 0 Å². The largest absolute Gasteiger partial charge is 0.373 e. The standard InChI is InChI=1S/C26H24FN5O4/c1-31-22-12-17(8-9-26(35)15-36-16-26)4-5-19(22)6-7-21(24(31)33)30-25(34)32-14-18(13-29-32)11-20-3-2-10-28-23(20)27/h2-5,10,12-14,21,35H,6-7,11,15-16H2,1H3,(H,30,34). The number of pyridine rings is 1. The molecule has 1 fully saturated rings. The molecular weight excluding hydrogens is 465 g/mol. The van der Waals surface area contributed by atoms with Gasteiger partial charge in [0.1, 0.15) is 6.04 Å². The van der Waals surface area contributed by atoms with Crippen molar-refractivity contribution in [2.45, 2.75) is 30.9 Å². The summed E-state index contributed by atoms with van der Waals surface area (Å²) in [6.07, 6.45) is 5.59. The summed E-state index contributed by atoms with van der Waals surface area (Å²) >= 11 is 0. The fourth-order valence-corrected chi connectivity index (χ4v) is 4.18. The Balaban J connectivity index is 1.27. The van der Waals surface area contributed by atoms with Gasteiger partial charge in [-0.2, -0.15) is 14.2 Å². The summed E-state index contributed by atoms with van der Waals surface area (Å²) in [5.41, 5.74) is 2.25. The van der Waals surface area contributed by atoms with Crippen molar-refractivity contribution in [3.05, 3.63) is 77.1 Å². The number of aliphatic hydroxyl groups is 1. The number of halogens is 1. The molecule has 3 aromatic rings. The third-order valence-corrected chi connectivity index (χ3v) is 6.27. The number of ether oxygens (including phenoxy) is 1. The molecule has 0 radical (unpaired) electrons. The molecule has 10 heteroatoms. The van der Waals surface area contributed by atoms with Crippen LogP contribution in [0.25, 0.3) is 0 Å². The fraction of sp³-hybridized carbons (Fsp3) is 0.308. The first-order chi connectivity index (χ1) is 17.3. The molecule has 0 bridgehead atoms. The summed E-state index contributed by atoms with van der Waals surface area (Å²) < 4.78 is 20.0. The van der Waals surface area contributed by atoms with Gasteiger partial charge in [0.2, 0.25) is 11.9 Å². The van der Waals surface area contributed by atoms with E-state index in [0.29, 0.717) is 35.2 Å². The number of anilines is 1. The smallest absolute Gasteiger partial charge is 0.342 e. The van der Waals surface area contributed by atoms with Gasteiger partial charge in [0.25, 0.3) is 0 Å². The number of amides is 2. The van der Waals surface area contributed by atoms with Gasteiger partial charge in [0.15, 0.2) is 5.60 Å². The number of benzene rings is 1. The van der Waals surface area contributed by atoms with Crippen LogP contribution in [0.15, 0.2) is 48.9 Å². The summed E-state index contributed by atoms with van der Waals surface area (Å²) in [7, 11) is 1.66. The molecule has 9 nitrogen and oxygen atoms in total. The van der Waals surface area contributed by atoms with E-state index in [-0.39, 0.29) is 25.5 Å². The monoisotopic (exact) mass is 489 g/mol. The number of hydrogen-bond donors (Lipinski definition) is 2. The lowest BCUT2D eigenvalue weighted by atomic mass is 10.0. The number of carbonyl (C=O) groups excluding carboxylic acids is 2. The van der Waals surface area contributed by atoms with Crippen LogP contribution in [0.5, 0.6) is 0 Å². The topological polar surface area (TPSA) is 110 Å². The van der Waals surface area contributed by atoms with Crippen LogP contribution in [0, 0.1) is 17.8 Å². The molecule has 1 unspecified atom stereocenters. The van der Waals surface area contributed by atoms with Crippen LogP contribution in [0.3, 0.4) is 0 Å². The molecule has 36 heavy (non-hydrogen) atoms. The Kier molecular flexibility index (Phi) is 6.26. The zero-order valence-electron chi connectivity index (χ0n) is 19.6. The molecule has 1 aromatic carbocycles. The number of likely N-dealkylation sites (N-methyl/N-ethyl adjacent to an activating group) is 1. The maximum atomic E-state index is 13.8. The number of carbonyl (C=O) groups is 2. The second-order valence-electron chi connectivity index (χ2n) is 8.98. The molecule has 184 valence electrons. The summed E-state index contributed by atoms with van der Waals surface area (Å²) in [5.74, 6) is 4.95. The summed E-state index contributed by atoms with van der Waals surface area (Å²) in [4.78, 5) is 31.2. The van der Waals surface area contributed by atoms with Crippen LogP contribution in [-0.4, -0.2) is 63.7 Å². The van der Waals surface area contributed by atoms with Crippen molar-refractivity contribution in [2.75, 3.05) is 25.2 Å². The van der Waals surface area contributed by atoms with Crippen LogP contribution < -0.4 is 10.2 Å². The van der Waals surface area contributed by atoms with Gasteiger partial charge in [0.05, 0.1) is 19.4 Å². The average Bonchev–Trinajstić information content (AvgIpc) is 3.29. The third-order valence-electron chi connectivity index (χ3n) is 6.27. The quantitative estimate of drug-likeness (QED) is 0.428. The molecule has 0 saturated carbocycles. The first-order valence-corrected chi connectivity index (χ1v) is 11.5. The number of fused-ring (bicyclic) bond motifs is 1. The minimum absolute atomic E-state index is 0.183. The van der Waals surface area contributed by atoms with E-state index in [1.165, 1.54) is 23.5 Å². The molecule has 5 rings (SSSR count). The summed E-state index contributed by atoms with van der Waals surface area (Å²) in [6, 6.07) is 7.54. The Labute approximate surface area is 206 Å². The van der Waals surface area contributed by atoms with E-state index in [1.807, 2.05) is 18.2 Å². The molecular formula is C26H24FN5O4. The highest BCUT2D eigenvalue weighted by Crippen LogP contribution is 2.27. The molecule has 2 aliphatic rings. The van der Waals surface area contributed by atoms with Crippen LogP contribution in [0.4, 0.5) is 14.9 Å². The Morgan fingerprint density at radius 1 is 1.36 bits per heavy atom. The van der Waals surface area contributed by atoms with Crippen LogP contribution in [0.2, 0.25) is 0 Å². The number of aryl methyl sites for hydroxylation is 1. The third kappa shape index (κ3) is 4.84. The molecule has 2 aliphatic heterocycles. The number of nitrogens with one attached hydrogen (secondary N) is 1.